The predicted molar refractivity (Wildman–Crippen MR) is 110 cm³/mol. The first-order valence-electron chi connectivity index (χ1n) is 9.48. The average Bonchev–Trinajstić information content (AvgIpc) is 2.77. The third-order valence-corrected chi connectivity index (χ3v) is 5.27. The van der Waals surface area contributed by atoms with E-state index < -0.39 is 0 Å². The molecule has 0 unspecified atom stereocenters. The molecule has 1 aliphatic rings. The van der Waals surface area contributed by atoms with Gasteiger partial charge in [0, 0.05) is 31.2 Å². The Bertz CT molecular complexity index is 811. The van der Waals surface area contributed by atoms with Crippen LogP contribution >= 0.6 is 0 Å². The van der Waals surface area contributed by atoms with E-state index in [1.807, 2.05) is 48.5 Å². The molecule has 5 heteroatoms. The standard InChI is InChI=1S/C23H27NO4/c1-26-20-10-9-19(16-21(20)27-2)23(12-14-28-15-13-23)17-24-22(25)11-8-18-6-4-3-5-7-18/h3-11,16H,12-15,17H2,1-2H3,(H,24,25)/b11-8-. The normalized spacial score (nSPS) is 15.9. The van der Waals surface area contributed by atoms with Crippen molar-refractivity contribution in [3.63, 3.8) is 0 Å². The van der Waals surface area contributed by atoms with Crippen LogP contribution in [0.5, 0.6) is 11.5 Å². The summed E-state index contributed by atoms with van der Waals surface area (Å²) in [5, 5.41) is 3.07. The molecular weight excluding hydrogens is 354 g/mol. The number of ether oxygens (including phenoxy) is 3. The van der Waals surface area contributed by atoms with Gasteiger partial charge >= 0.3 is 0 Å². The maximum Gasteiger partial charge on any atom is 0.244 e. The van der Waals surface area contributed by atoms with Crippen LogP contribution in [0.1, 0.15) is 24.0 Å². The number of carbonyl (C=O) groups excluding carboxylic acids is 1. The number of benzene rings is 2. The molecule has 1 amide bonds. The van der Waals surface area contributed by atoms with Crippen molar-refractivity contribution in [2.75, 3.05) is 34.0 Å². The summed E-state index contributed by atoms with van der Waals surface area (Å²) in [6.07, 6.45) is 5.08. The van der Waals surface area contributed by atoms with E-state index in [0.717, 1.165) is 24.0 Å². The molecule has 0 spiro atoms. The molecule has 1 saturated heterocycles. The smallest absolute Gasteiger partial charge is 0.244 e. The van der Waals surface area contributed by atoms with Crippen molar-refractivity contribution in [2.45, 2.75) is 18.3 Å². The van der Waals surface area contributed by atoms with E-state index in [1.165, 1.54) is 0 Å². The van der Waals surface area contributed by atoms with Gasteiger partial charge in [0.15, 0.2) is 11.5 Å². The molecule has 1 heterocycles. The van der Waals surface area contributed by atoms with E-state index in [1.54, 1.807) is 20.3 Å². The highest BCUT2D eigenvalue weighted by atomic mass is 16.5. The van der Waals surface area contributed by atoms with Gasteiger partial charge in [-0.05, 0) is 42.2 Å². The van der Waals surface area contributed by atoms with Crippen LogP contribution in [0.25, 0.3) is 6.08 Å². The number of hydrogen-bond donors (Lipinski definition) is 1. The van der Waals surface area contributed by atoms with Gasteiger partial charge < -0.3 is 19.5 Å². The SMILES string of the molecule is COc1ccc(C2(CNC(=O)/C=C\c3ccccc3)CCOCC2)cc1OC. The van der Waals surface area contributed by atoms with Crippen LogP contribution in [0.4, 0.5) is 0 Å². The number of rotatable bonds is 7. The van der Waals surface area contributed by atoms with Gasteiger partial charge in [0.2, 0.25) is 5.91 Å². The van der Waals surface area contributed by atoms with Crippen molar-refractivity contribution >= 4 is 12.0 Å². The Balaban J connectivity index is 1.75. The molecule has 0 aliphatic carbocycles. The Hall–Kier alpha value is -2.79. The van der Waals surface area contributed by atoms with Crippen LogP contribution in [-0.2, 0) is 14.9 Å². The Morgan fingerprint density at radius 1 is 1.07 bits per heavy atom. The molecular formula is C23H27NO4. The highest BCUT2D eigenvalue weighted by molar-refractivity contribution is 5.91. The molecule has 148 valence electrons. The fourth-order valence-corrected chi connectivity index (χ4v) is 3.55. The van der Waals surface area contributed by atoms with Crippen LogP contribution in [0.15, 0.2) is 54.6 Å². The first kappa shape index (κ1) is 20.0. The summed E-state index contributed by atoms with van der Waals surface area (Å²) in [4.78, 5) is 12.4. The van der Waals surface area contributed by atoms with Crippen LogP contribution in [0.3, 0.4) is 0 Å². The second-order valence-corrected chi connectivity index (χ2v) is 6.92. The molecule has 5 nitrogen and oxygen atoms in total. The molecule has 0 radical (unpaired) electrons. The minimum Gasteiger partial charge on any atom is -0.493 e. The second kappa shape index (κ2) is 9.42. The number of nitrogens with one attached hydrogen (secondary N) is 1. The number of hydrogen-bond acceptors (Lipinski definition) is 4. The van der Waals surface area contributed by atoms with E-state index in [2.05, 4.69) is 11.4 Å². The van der Waals surface area contributed by atoms with Gasteiger partial charge in [-0.15, -0.1) is 0 Å². The molecule has 1 fully saturated rings. The summed E-state index contributed by atoms with van der Waals surface area (Å²) in [5.41, 5.74) is 1.94. The quantitative estimate of drug-likeness (QED) is 0.745. The van der Waals surface area contributed by atoms with Crippen LogP contribution in [0, 0.1) is 0 Å². The van der Waals surface area contributed by atoms with Gasteiger partial charge in [-0.1, -0.05) is 36.4 Å². The molecule has 1 aliphatic heterocycles. The van der Waals surface area contributed by atoms with E-state index in [4.69, 9.17) is 14.2 Å². The monoisotopic (exact) mass is 381 g/mol. The lowest BCUT2D eigenvalue weighted by Gasteiger charge is -2.38. The second-order valence-electron chi connectivity index (χ2n) is 6.92. The van der Waals surface area contributed by atoms with Gasteiger partial charge in [0.25, 0.3) is 0 Å². The van der Waals surface area contributed by atoms with Crippen LogP contribution in [0.2, 0.25) is 0 Å². The third kappa shape index (κ3) is 4.73. The maximum absolute atomic E-state index is 12.4. The zero-order chi connectivity index (χ0) is 19.8. The number of amides is 1. The van der Waals surface area contributed by atoms with Crippen molar-refractivity contribution < 1.29 is 19.0 Å². The average molecular weight is 381 g/mol. The summed E-state index contributed by atoms with van der Waals surface area (Å²) in [6.45, 7) is 1.89. The molecule has 2 aromatic carbocycles. The predicted octanol–water partition coefficient (Wildman–Crippen LogP) is 3.58. The molecule has 2 aromatic rings. The fourth-order valence-electron chi connectivity index (χ4n) is 3.55. The Morgan fingerprint density at radius 2 is 1.79 bits per heavy atom. The summed E-state index contributed by atoms with van der Waals surface area (Å²) in [5.74, 6) is 1.29. The van der Waals surface area contributed by atoms with E-state index >= 15 is 0 Å². The minimum absolute atomic E-state index is 0.102. The first-order valence-corrected chi connectivity index (χ1v) is 9.48. The highest BCUT2D eigenvalue weighted by Gasteiger charge is 2.35. The fraction of sp³-hybridized carbons (Fsp3) is 0.348. The topological polar surface area (TPSA) is 56.8 Å². The van der Waals surface area contributed by atoms with E-state index in [0.29, 0.717) is 31.3 Å². The minimum atomic E-state index is -0.186. The summed E-state index contributed by atoms with van der Waals surface area (Å²) < 4.78 is 16.4. The maximum atomic E-state index is 12.4. The number of carbonyl (C=O) groups is 1. The lowest BCUT2D eigenvalue weighted by Crippen LogP contribution is -2.44. The Labute approximate surface area is 166 Å². The van der Waals surface area contributed by atoms with Gasteiger partial charge in [-0.2, -0.15) is 0 Å². The zero-order valence-corrected chi connectivity index (χ0v) is 16.4. The lowest BCUT2D eigenvalue weighted by atomic mass is 9.74. The van der Waals surface area contributed by atoms with Crippen molar-refractivity contribution in [3.8, 4) is 11.5 Å². The van der Waals surface area contributed by atoms with Gasteiger partial charge in [-0.3, -0.25) is 4.79 Å². The zero-order valence-electron chi connectivity index (χ0n) is 16.4. The molecule has 28 heavy (non-hydrogen) atoms. The third-order valence-electron chi connectivity index (χ3n) is 5.27. The molecule has 0 atom stereocenters. The molecule has 1 N–H and O–H groups in total. The highest BCUT2D eigenvalue weighted by Crippen LogP contribution is 2.38. The van der Waals surface area contributed by atoms with Crippen LogP contribution in [-0.4, -0.2) is 39.9 Å². The molecule has 3 rings (SSSR count). The van der Waals surface area contributed by atoms with Crippen molar-refractivity contribution in [1.29, 1.82) is 0 Å². The number of methoxy groups -OCH3 is 2. The van der Waals surface area contributed by atoms with Crippen molar-refractivity contribution in [3.05, 3.63) is 65.7 Å². The Kier molecular flexibility index (Phi) is 6.71. The molecule has 0 aromatic heterocycles. The van der Waals surface area contributed by atoms with Gasteiger partial charge in [-0.25, -0.2) is 0 Å². The van der Waals surface area contributed by atoms with Gasteiger partial charge in [0.1, 0.15) is 0 Å². The Morgan fingerprint density at radius 3 is 2.46 bits per heavy atom. The largest absolute Gasteiger partial charge is 0.493 e. The van der Waals surface area contributed by atoms with Crippen LogP contribution < -0.4 is 14.8 Å². The van der Waals surface area contributed by atoms with E-state index in [-0.39, 0.29) is 11.3 Å². The summed E-state index contributed by atoms with van der Waals surface area (Å²) >= 11 is 0. The lowest BCUT2D eigenvalue weighted by molar-refractivity contribution is -0.116. The van der Waals surface area contributed by atoms with Crippen molar-refractivity contribution in [2.24, 2.45) is 0 Å². The van der Waals surface area contributed by atoms with Crippen molar-refractivity contribution in [1.82, 2.24) is 5.32 Å². The summed E-state index contributed by atoms with van der Waals surface area (Å²) in [7, 11) is 3.26. The first-order chi connectivity index (χ1) is 13.7. The molecule has 0 saturated carbocycles. The summed E-state index contributed by atoms with van der Waals surface area (Å²) in [6, 6.07) is 15.8. The van der Waals surface area contributed by atoms with E-state index in [9.17, 15) is 4.79 Å². The van der Waals surface area contributed by atoms with Gasteiger partial charge in [0.05, 0.1) is 14.2 Å². The molecule has 0 bridgehead atoms.